The van der Waals surface area contributed by atoms with Crippen molar-refractivity contribution in [2.45, 2.75) is 58.3 Å². The Morgan fingerprint density at radius 1 is 0.943 bits per heavy atom. The molecule has 15 nitrogen and oxygen atoms in total. The van der Waals surface area contributed by atoms with Crippen LogP contribution in [0.5, 0.6) is 0 Å². The molecule has 0 saturated carbocycles. The van der Waals surface area contributed by atoms with Crippen molar-refractivity contribution in [3.63, 3.8) is 0 Å². The van der Waals surface area contributed by atoms with Gasteiger partial charge in [0.25, 0.3) is 5.56 Å². The van der Waals surface area contributed by atoms with E-state index >= 15 is 0 Å². The summed E-state index contributed by atoms with van der Waals surface area (Å²) in [4.78, 5) is 85.1. The fraction of sp³-hybridized carbons (Fsp3) is 0.550. The van der Waals surface area contributed by atoms with Crippen molar-refractivity contribution in [1.29, 1.82) is 0 Å². The summed E-state index contributed by atoms with van der Waals surface area (Å²) >= 11 is 0. The van der Waals surface area contributed by atoms with Gasteiger partial charge in [-0.05, 0) is 0 Å². The summed E-state index contributed by atoms with van der Waals surface area (Å²) in [5, 5.41) is 2.59. The highest BCUT2D eigenvalue weighted by molar-refractivity contribution is 5.81. The van der Waals surface area contributed by atoms with E-state index in [0.717, 1.165) is 34.7 Å². The topological polar surface area (TPSA) is 198 Å². The molecule has 1 aliphatic rings. The number of aromatic amines is 1. The molecule has 0 unspecified atom stereocenters. The molecule has 35 heavy (non-hydrogen) atoms. The minimum Gasteiger partial charge on any atom is -0.463 e. The molecule has 0 spiro atoms. The standard InChI is InChI=1S/C20H25N3O12/c1-8(25)31-7-13-14(32-9(2)26)15(33-10(3)27)16(34-11(4)28)18(35-13)21-17-12(6-24)19(29)23(5)20(30)22-17/h6,13-16,18,21H,7H2,1-5H3,(H,22,30)/t13-,14-,15-,16-,18+/m0/s1. The third-order valence-corrected chi connectivity index (χ3v) is 4.74. The monoisotopic (exact) mass is 499 g/mol. The molecule has 0 bridgehead atoms. The van der Waals surface area contributed by atoms with Gasteiger partial charge in [-0.2, -0.15) is 0 Å². The van der Waals surface area contributed by atoms with E-state index in [1.807, 2.05) is 0 Å². The number of aldehydes is 1. The molecule has 0 radical (unpaired) electrons. The van der Waals surface area contributed by atoms with E-state index in [-0.39, 0.29) is 12.1 Å². The number of anilines is 1. The molecule has 0 amide bonds. The lowest BCUT2D eigenvalue weighted by atomic mass is 9.97. The lowest BCUT2D eigenvalue weighted by Crippen LogP contribution is -2.64. The Labute approximate surface area is 197 Å². The minimum atomic E-state index is -1.51. The fourth-order valence-electron chi connectivity index (χ4n) is 3.35. The van der Waals surface area contributed by atoms with Gasteiger partial charge >= 0.3 is 29.6 Å². The number of esters is 4. The summed E-state index contributed by atoms with van der Waals surface area (Å²) in [5.74, 6) is -3.59. The van der Waals surface area contributed by atoms with E-state index in [9.17, 15) is 33.6 Å². The number of nitrogens with one attached hydrogen (secondary N) is 2. The highest BCUT2D eigenvalue weighted by Crippen LogP contribution is 2.30. The van der Waals surface area contributed by atoms with Crippen LogP contribution in [0.1, 0.15) is 38.1 Å². The number of hydrogen-bond acceptors (Lipinski definition) is 13. The molecule has 1 fully saturated rings. The van der Waals surface area contributed by atoms with Crippen molar-refractivity contribution in [2.75, 3.05) is 11.9 Å². The lowest BCUT2D eigenvalue weighted by molar-refractivity contribution is -0.247. The van der Waals surface area contributed by atoms with Crippen LogP contribution in [0.25, 0.3) is 0 Å². The van der Waals surface area contributed by atoms with Gasteiger partial charge in [-0.3, -0.25) is 38.3 Å². The number of rotatable bonds is 8. The van der Waals surface area contributed by atoms with Gasteiger partial charge < -0.3 is 29.0 Å². The Morgan fingerprint density at radius 2 is 1.49 bits per heavy atom. The number of ether oxygens (including phenoxy) is 5. The molecule has 5 atom stereocenters. The van der Waals surface area contributed by atoms with Crippen LogP contribution in [0, 0.1) is 0 Å². The molecule has 2 rings (SSSR count). The summed E-state index contributed by atoms with van der Waals surface area (Å²) in [6, 6.07) is 0. The second kappa shape index (κ2) is 11.4. The van der Waals surface area contributed by atoms with E-state index in [1.165, 1.54) is 0 Å². The highest BCUT2D eigenvalue weighted by Gasteiger charge is 2.52. The van der Waals surface area contributed by atoms with Crippen LogP contribution in [-0.4, -0.2) is 77.0 Å². The maximum Gasteiger partial charge on any atom is 0.329 e. The predicted octanol–water partition coefficient (Wildman–Crippen LogP) is -1.62. The van der Waals surface area contributed by atoms with E-state index in [1.54, 1.807) is 0 Å². The second-order valence-corrected chi connectivity index (χ2v) is 7.47. The van der Waals surface area contributed by atoms with Crippen LogP contribution in [0.4, 0.5) is 5.82 Å². The second-order valence-electron chi connectivity index (χ2n) is 7.47. The largest absolute Gasteiger partial charge is 0.463 e. The van der Waals surface area contributed by atoms with Crippen molar-refractivity contribution < 1.29 is 47.7 Å². The number of carbonyl (C=O) groups is 5. The Balaban J connectivity index is 2.61. The predicted molar refractivity (Wildman–Crippen MR) is 113 cm³/mol. The summed E-state index contributed by atoms with van der Waals surface area (Å²) in [6.45, 7) is 3.80. The zero-order valence-corrected chi connectivity index (χ0v) is 19.5. The molecule has 0 aromatic carbocycles. The van der Waals surface area contributed by atoms with Crippen LogP contribution in [0.2, 0.25) is 0 Å². The first-order valence-electron chi connectivity index (χ1n) is 10.2. The smallest absolute Gasteiger partial charge is 0.329 e. The average Bonchev–Trinajstić information content (AvgIpc) is 2.74. The molecule has 1 aromatic heterocycles. The number of H-pyrrole nitrogens is 1. The van der Waals surface area contributed by atoms with Crippen molar-refractivity contribution in [3.8, 4) is 0 Å². The van der Waals surface area contributed by atoms with Gasteiger partial charge in [0, 0.05) is 34.7 Å². The van der Waals surface area contributed by atoms with Gasteiger partial charge in [-0.15, -0.1) is 0 Å². The van der Waals surface area contributed by atoms with Crippen molar-refractivity contribution >= 4 is 36.0 Å². The van der Waals surface area contributed by atoms with Crippen LogP contribution < -0.4 is 16.6 Å². The maximum absolute atomic E-state index is 12.3. The lowest BCUT2D eigenvalue weighted by Gasteiger charge is -2.44. The van der Waals surface area contributed by atoms with Gasteiger partial charge in [-0.1, -0.05) is 0 Å². The summed E-state index contributed by atoms with van der Waals surface area (Å²) in [5.41, 5.74) is -2.30. The van der Waals surface area contributed by atoms with E-state index in [4.69, 9.17) is 23.7 Å². The zero-order valence-electron chi connectivity index (χ0n) is 19.5. The molecule has 2 heterocycles. The van der Waals surface area contributed by atoms with E-state index < -0.39 is 77.9 Å². The maximum atomic E-state index is 12.3. The first kappa shape index (κ1) is 27.2. The molecular weight excluding hydrogens is 474 g/mol. The molecule has 1 aromatic rings. The number of aromatic nitrogens is 2. The van der Waals surface area contributed by atoms with Gasteiger partial charge in [-0.25, -0.2) is 4.79 Å². The van der Waals surface area contributed by atoms with Crippen LogP contribution in [0.15, 0.2) is 9.59 Å². The summed E-state index contributed by atoms with van der Waals surface area (Å²) in [6.07, 6.45) is -6.96. The van der Waals surface area contributed by atoms with Gasteiger partial charge in [0.2, 0.25) is 0 Å². The summed E-state index contributed by atoms with van der Waals surface area (Å²) in [7, 11) is 1.15. The van der Waals surface area contributed by atoms with Gasteiger partial charge in [0.1, 0.15) is 24.1 Å². The first-order chi connectivity index (χ1) is 16.3. The Bertz CT molecular complexity index is 1120. The normalized spacial score (nSPS) is 23.5. The molecule has 15 heteroatoms. The fourth-order valence-corrected chi connectivity index (χ4v) is 3.35. The zero-order chi connectivity index (χ0) is 26.4. The molecule has 192 valence electrons. The van der Waals surface area contributed by atoms with Crippen LogP contribution >= 0.6 is 0 Å². The van der Waals surface area contributed by atoms with Gasteiger partial charge in [0.15, 0.2) is 30.8 Å². The van der Waals surface area contributed by atoms with E-state index in [0.29, 0.717) is 4.57 Å². The molecular formula is C20H25N3O12. The van der Waals surface area contributed by atoms with Crippen molar-refractivity contribution in [2.24, 2.45) is 7.05 Å². The van der Waals surface area contributed by atoms with E-state index in [2.05, 4.69) is 10.3 Å². The first-order valence-corrected chi connectivity index (χ1v) is 10.2. The van der Waals surface area contributed by atoms with Crippen LogP contribution in [0.3, 0.4) is 0 Å². The minimum absolute atomic E-state index is 0.186. The van der Waals surface area contributed by atoms with Crippen molar-refractivity contribution in [1.82, 2.24) is 9.55 Å². The number of hydrogen-bond donors (Lipinski definition) is 2. The number of nitrogens with zero attached hydrogens (tertiary/aromatic N) is 1. The Morgan fingerprint density at radius 3 is 2.00 bits per heavy atom. The quantitative estimate of drug-likeness (QED) is 0.235. The highest BCUT2D eigenvalue weighted by atomic mass is 16.7. The third kappa shape index (κ3) is 6.75. The SMILES string of the molecule is CC(=O)OC[C@@H]1O[C@@H](Nc2[nH]c(=O)n(C)c(=O)c2C=O)[C@@H](OC(C)=O)[C@@H](OC(C)=O)[C@H]1OC(C)=O. The number of carbonyl (C=O) groups excluding carboxylic acids is 5. The van der Waals surface area contributed by atoms with Crippen LogP contribution in [-0.2, 0) is 49.9 Å². The molecule has 2 N–H and O–H groups in total. The molecule has 0 aliphatic carbocycles. The Hall–Kier alpha value is -4.01. The molecule has 1 aliphatic heterocycles. The third-order valence-electron chi connectivity index (χ3n) is 4.74. The Kier molecular flexibility index (Phi) is 8.88. The average molecular weight is 499 g/mol. The van der Waals surface area contributed by atoms with Gasteiger partial charge in [0.05, 0.1) is 0 Å². The summed E-state index contributed by atoms with van der Waals surface area (Å²) < 4.78 is 27.2. The van der Waals surface area contributed by atoms with Crippen molar-refractivity contribution in [3.05, 3.63) is 26.4 Å². The molecule has 1 saturated heterocycles.